The van der Waals surface area contributed by atoms with Gasteiger partial charge >= 0.3 is 0 Å². The van der Waals surface area contributed by atoms with E-state index in [1.54, 1.807) is 10.9 Å². The Morgan fingerprint density at radius 2 is 2.15 bits per heavy atom. The van der Waals surface area contributed by atoms with Crippen molar-refractivity contribution in [1.82, 2.24) is 15.0 Å². The van der Waals surface area contributed by atoms with Crippen LogP contribution in [0, 0.1) is 0 Å². The predicted molar refractivity (Wildman–Crippen MR) is 78.7 cm³/mol. The highest BCUT2D eigenvalue weighted by Gasteiger charge is 2.10. The summed E-state index contributed by atoms with van der Waals surface area (Å²) >= 11 is 0. The zero-order chi connectivity index (χ0) is 14.8. The predicted octanol–water partition coefficient (Wildman–Crippen LogP) is 1.16. The molecule has 0 fully saturated rings. The molecule has 0 amide bonds. The molecule has 0 aliphatic rings. The lowest BCUT2D eigenvalue weighted by atomic mass is 10.3. The minimum Gasteiger partial charge on any atom is -0.373 e. The zero-order valence-corrected chi connectivity index (χ0v) is 13.7. The molecule has 1 atom stereocenters. The molecule has 20 heavy (non-hydrogen) atoms. The van der Waals surface area contributed by atoms with E-state index < -0.39 is 10.1 Å². The van der Waals surface area contributed by atoms with Gasteiger partial charge in [-0.2, -0.15) is 8.42 Å². The van der Waals surface area contributed by atoms with Crippen molar-refractivity contribution in [3.63, 3.8) is 0 Å². The van der Waals surface area contributed by atoms with Gasteiger partial charge in [0.15, 0.2) is 0 Å². The van der Waals surface area contributed by atoms with Crippen LogP contribution in [0.4, 0.5) is 0 Å². The fourth-order valence-electron chi connectivity index (χ4n) is 1.48. The average molecular weight is 323 g/mol. The Hall–Kier alpha value is -0.560. The Morgan fingerprint density at radius 1 is 1.35 bits per heavy atom. The van der Waals surface area contributed by atoms with Crippen molar-refractivity contribution in [3.8, 4) is 0 Å². The number of aromatic nitrogens is 3. The topological polar surface area (TPSA) is 83.3 Å². The Morgan fingerprint density at radius 3 is 2.80 bits per heavy atom. The molecule has 0 bridgehead atoms. The van der Waals surface area contributed by atoms with Crippen LogP contribution in [0.25, 0.3) is 0 Å². The SMILES string of the molecule is CCCCCS(=O)(=O)OCCOCc1cn(CP)nn1. The fourth-order valence-corrected chi connectivity index (χ4v) is 2.65. The van der Waals surface area contributed by atoms with Crippen LogP contribution in [-0.2, 0) is 31.9 Å². The van der Waals surface area contributed by atoms with Gasteiger partial charge in [0.2, 0.25) is 0 Å². The molecule has 1 heterocycles. The summed E-state index contributed by atoms with van der Waals surface area (Å²) in [5.74, 6) is 0.0728. The van der Waals surface area contributed by atoms with Gasteiger partial charge in [0, 0.05) is 0 Å². The maximum atomic E-state index is 11.5. The van der Waals surface area contributed by atoms with Crippen LogP contribution in [0.2, 0.25) is 0 Å². The Balaban J connectivity index is 2.12. The van der Waals surface area contributed by atoms with Crippen LogP contribution in [0.1, 0.15) is 31.9 Å². The molecule has 0 spiro atoms. The van der Waals surface area contributed by atoms with E-state index >= 15 is 0 Å². The number of ether oxygens (including phenoxy) is 1. The number of hydrogen-bond acceptors (Lipinski definition) is 6. The highest BCUT2D eigenvalue weighted by atomic mass is 32.2. The summed E-state index contributed by atoms with van der Waals surface area (Å²) in [6, 6.07) is 0. The smallest absolute Gasteiger partial charge is 0.267 e. The summed E-state index contributed by atoms with van der Waals surface area (Å²) in [4.78, 5) is 0. The highest BCUT2D eigenvalue weighted by Crippen LogP contribution is 2.02. The molecule has 116 valence electrons. The fraction of sp³-hybridized carbons (Fsp3) is 0.818. The second kappa shape index (κ2) is 9.39. The molecular formula is C11H22N3O4PS. The Kier molecular flexibility index (Phi) is 8.21. The van der Waals surface area contributed by atoms with Gasteiger partial charge in [-0.15, -0.1) is 14.3 Å². The molecule has 0 N–H and O–H groups in total. The Labute approximate surface area is 122 Å². The maximum Gasteiger partial charge on any atom is 0.267 e. The molecule has 9 heteroatoms. The van der Waals surface area contributed by atoms with Crippen molar-refractivity contribution >= 4 is 19.4 Å². The standard InChI is InChI=1S/C11H22N3O4PS/c1-2-3-4-7-20(15,16)18-6-5-17-9-11-8-14(10-19)13-12-11/h8H,2-7,9-10,19H2,1H3. The molecule has 1 aromatic rings. The van der Waals surface area contributed by atoms with E-state index in [0.29, 0.717) is 25.0 Å². The first-order valence-electron chi connectivity index (χ1n) is 6.61. The lowest BCUT2D eigenvalue weighted by Gasteiger charge is -2.05. The van der Waals surface area contributed by atoms with Crippen molar-refractivity contribution in [1.29, 1.82) is 0 Å². The van der Waals surface area contributed by atoms with Gasteiger partial charge in [0.25, 0.3) is 10.1 Å². The van der Waals surface area contributed by atoms with Crippen LogP contribution in [0.15, 0.2) is 6.20 Å². The van der Waals surface area contributed by atoms with Gasteiger partial charge < -0.3 is 4.74 Å². The molecule has 7 nitrogen and oxygen atoms in total. The molecule has 0 saturated carbocycles. The number of unbranched alkanes of at least 4 members (excludes halogenated alkanes) is 2. The monoisotopic (exact) mass is 323 g/mol. The third-order valence-electron chi connectivity index (χ3n) is 2.51. The van der Waals surface area contributed by atoms with Gasteiger partial charge in [0.05, 0.1) is 38.1 Å². The maximum absolute atomic E-state index is 11.5. The third kappa shape index (κ3) is 7.28. The van der Waals surface area contributed by atoms with Crippen molar-refractivity contribution < 1.29 is 17.3 Å². The summed E-state index contributed by atoms with van der Waals surface area (Å²) in [6.07, 6.45) is 4.96. The van der Waals surface area contributed by atoms with Gasteiger partial charge in [-0.25, -0.2) is 4.68 Å². The first-order valence-corrected chi connectivity index (χ1v) is 9.00. The third-order valence-corrected chi connectivity index (χ3v) is 4.20. The summed E-state index contributed by atoms with van der Waals surface area (Å²) < 4.78 is 34.7. The Bertz CT molecular complexity index is 478. The first-order chi connectivity index (χ1) is 9.57. The molecule has 1 aromatic heterocycles. The second-order valence-electron chi connectivity index (χ2n) is 4.28. The lowest BCUT2D eigenvalue weighted by Crippen LogP contribution is -2.14. The molecule has 0 aliphatic carbocycles. The summed E-state index contributed by atoms with van der Waals surface area (Å²) in [6.45, 7) is 2.56. The van der Waals surface area contributed by atoms with Crippen molar-refractivity contribution in [3.05, 3.63) is 11.9 Å². The normalized spacial score (nSPS) is 11.9. The minimum absolute atomic E-state index is 0.0340. The highest BCUT2D eigenvalue weighted by molar-refractivity contribution is 7.86. The molecule has 0 aliphatic heterocycles. The van der Waals surface area contributed by atoms with Gasteiger partial charge in [-0.3, -0.25) is 4.18 Å². The quantitative estimate of drug-likeness (QED) is 0.345. The van der Waals surface area contributed by atoms with Crippen LogP contribution >= 0.6 is 9.24 Å². The van der Waals surface area contributed by atoms with E-state index in [1.165, 1.54) is 0 Å². The van der Waals surface area contributed by atoms with Crippen LogP contribution in [-0.4, -0.2) is 42.4 Å². The largest absolute Gasteiger partial charge is 0.373 e. The lowest BCUT2D eigenvalue weighted by molar-refractivity contribution is 0.0887. The molecule has 0 radical (unpaired) electrons. The molecule has 0 saturated heterocycles. The van der Waals surface area contributed by atoms with E-state index in [9.17, 15) is 8.42 Å². The van der Waals surface area contributed by atoms with E-state index in [1.807, 2.05) is 6.92 Å². The molecule has 1 rings (SSSR count). The molecule has 1 unspecified atom stereocenters. The minimum atomic E-state index is -3.41. The first kappa shape index (κ1) is 17.5. The van der Waals surface area contributed by atoms with Crippen molar-refractivity contribution in [2.24, 2.45) is 0 Å². The van der Waals surface area contributed by atoms with Crippen molar-refractivity contribution in [2.75, 3.05) is 19.0 Å². The van der Waals surface area contributed by atoms with Crippen LogP contribution in [0.3, 0.4) is 0 Å². The number of nitrogens with zero attached hydrogens (tertiary/aromatic N) is 3. The van der Waals surface area contributed by atoms with E-state index in [2.05, 4.69) is 19.6 Å². The molecule has 0 aromatic carbocycles. The zero-order valence-electron chi connectivity index (χ0n) is 11.7. The number of rotatable bonds is 11. The number of hydrogen-bond donors (Lipinski definition) is 0. The van der Waals surface area contributed by atoms with Gasteiger partial charge in [-0.1, -0.05) is 25.0 Å². The van der Waals surface area contributed by atoms with Crippen LogP contribution in [0.5, 0.6) is 0 Å². The van der Waals surface area contributed by atoms with E-state index in [4.69, 9.17) is 8.92 Å². The van der Waals surface area contributed by atoms with Crippen LogP contribution < -0.4 is 0 Å². The van der Waals surface area contributed by atoms with E-state index in [-0.39, 0.29) is 19.0 Å². The van der Waals surface area contributed by atoms with E-state index in [0.717, 1.165) is 12.8 Å². The average Bonchev–Trinajstić information content (AvgIpc) is 2.86. The van der Waals surface area contributed by atoms with Crippen molar-refractivity contribution in [2.45, 2.75) is 39.1 Å². The summed E-state index contributed by atoms with van der Waals surface area (Å²) in [5.41, 5.74) is 0.707. The van der Waals surface area contributed by atoms with Gasteiger partial charge in [0.1, 0.15) is 5.69 Å². The summed E-state index contributed by atoms with van der Waals surface area (Å²) in [5, 5.41) is 7.75. The second-order valence-corrected chi connectivity index (χ2v) is 6.40. The van der Waals surface area contributed by atoms with Gasteiger partial charge in [-0.05, 0) is 6.42 Å². The summed E-state index contributed by atoms with van der Waals surface area (Å²) in [7, 11) is -0.878. The molecular weight excluding hydrogens is 301 g/mol.